The van der Waals surface area contributed by atoms with Crippen molar-refractivity contribution in [3.63, 3.8) is 0 Å². The van der Waals surface area contributed by atoms with E-state index < -0.39 is 0 Å². The number of ether oxygens (including phenoxy) is 2. The fourth-order valence-electron chi connectivity index (χ4n) is 2.03. The Kier molecular flexibility index (Phi) is 3.72. The topological polar surface area (TPSA) is 48.3 Å². The highest BCUT2D eigenvalue weighted by atomic mass is 16.5. The number of rotatable bonds is 5. The predicted octanol–water partition coefficient (Wildman–Crippen LogP) is 1.35. The molecule has 0 aliphatic heterocycles. The Bertz CT molecular complexity index is 549. The molecule has 0 aliphatic rings. The van der Waals surface area contributed by atoms with Crippen LogP contribution in [0.2, 0.25) is 0 Å². The first-order valence-corrected chi connectivity index (χ1v) is 5.93. The van der Waals surface area contributed by atoms with Crippen LogP contribution in [-0.4, -0.2) is 37.4 Å². The van der Waals surface area contributed by atoms with Crippen molar-refractivity contribution in [2.24, 2.45) is 7.05 Å². The van der Waals surface area contributed by atoms with Gasteiger partial charge in [0.05, 0.1) is 25.3 Å². The molecule has 0 unspecified atom stereocenters. The van der Waals surface area contributed by atoms with Crippen molar-refractivity contribution in [1.82, 2.24) is 14.9 Å². The number of aromatic nitrogens is 2. The summed E-state index contributed by atoms with van der Waals surface area (Å²) in [5, 5.41) is 3.13. The second-order valence-corrected chi connectivity index (χ2v) is 4.14. The summed E-state index contributed by atoms with van der Waals surface area (Å²) in [5.74, 6) is 2.49. The molecule has 5 nitrogen and oxygen atoms in total. The van der Waals surface area contributed by atoms with Crippen molar-refractivity contribution >= 4 is 11.0 Å². The maximum Gasteiger partial charge on any atom is 0.163 e. The minimum absolute atomic E-state index is 0.711. The van der Waals surface area contributed by atoms with Gasteiger partial charge >= 0.3 is 0 Å². The van der Waals surface area contributed by atoms with Crippen LogP contribution in [-0.2, 0) is 13.5 Å². The molecule has 0 radical (unpaired) electrons. The number of hydrogen-bond donors (Lipinski definition) is 1. The Morgan fingerprint density at radius 3 is 2.50 bits per heavy atom. The van der Waals surface area contributed by atoms with Crippen LogP contribution in [0.3, 0.4) is 0 Å². The zero-order chi connectivity index (χ0) is 13.1. The monoisotopic (exact) mass is 249 g/mol. The summed E-state index contributed by atoms with van der Waals surface area (Å²) >= 11 is 0. The van der Waals surface area contributed by atoms with Crippen molar-refractivity contribution < 1.29 is 9.47 Å². The molecule has 0 saturated carbocycles. The molecule has 18 heavy (non-hydrogen) atoms. The lowest BCUT2D eigenvalue weighted by Crippen LogP contribution is -2.12. The highest BCUT2D eigenvalue weighted by Gasteiger charge is 2.12. The first-order valence-electron chi connectivity index (χ1n) is 5.93. The molecule has 1 aromatic carbocycles. The van der Waals surface area contributed by atoms with Gasteiger partial charge in [-0.25, -0.2) is 4.98 Å². The summed E-state index contributed by atoms with van der Waals surface area (Å²) < 4.78 is 12.7. The number of benzene rings is 1. The van der Waals surface area contributed by atoms with E-state index >= 15 is 0 Å². The quantitative estimate of drug-likeness (QED) is 0.869. The summed E-state index contributed by atoms with van der Waals surface area (Å²) in [6.07, 6.45) is 0.895. The van der Waals surface area contributed by atoms with Crippen LogP contribution in [0.25, 0.3) is 11.0 Å². The van der Waals surface area contributed by atoms with E-state index in [9.17, 15) is 0 Å². The van der Waals surface area contributed by atoms with E-state index in [1.807, 2.05) is 26.2 Å². The zero-order valence-electron chi connectivity index (χ0n) is 11.3. The van der Waals surface area contributed by atoms with Gasteiger partial charge in [0.2, 0.25) is 0 Å². The molecule has 1 aromatic heterocycles. The van der Waals surface area contributed by atoms with Gasteiger partial charge in [0.1, 0.15) is 5.82 Å². The van der Waals surface area contributed by atoms with Crippen molar-refractivity contribution in [2.45, 2.75) is 6.42 Å². The largest absolute Gasteiger partial charge is 0.493 e. The van der Waals surface area contributed by atoms with E-state index in [0.29, 0.717) is 5.75 Å². The summed E-state index contributed by atoms with van der Waals surface area (Å²) in [7, 11) is 7.23. The number of methoxy groups -OCH3 is 2. The molecule has 0 fully saturated rings. The fourth-order valence-corrected chi connectivity index (χ4v) is 2.03. The fraction of sp³-hybridized carbons (Fsp3) is 0.462. The van der Waals surface area contributed by atoms with Crippen LogP contribution < -0.4 is 14.8 Å². The Balaban J connectivity index is 2.51. The maximum atomic E-state index is 5.31. The van der Waals surface area contributed by atoms with Gasteiger partial charge < -0.3 is 19.4 Å². The highest BCUT2D eigenvalue weighted by molar-refractivity contribution is 5.80. The normalized spacial score (nSPS) is 10.9. The molecule has 0 atom stereocenters. The number of likely N-dealkylation sites (N-methyl/N-ethyl adjacent to an activating group) is 1. The number of aryl methyl sites for hydroxylation is 1. The molecule has 5 heteroatoms. The van der Waals surface area contributed by atoms with Gasteiger partial charge in [0, 0.05) is 32.1 Å². The Morgan fingerprint density at radius 2 is 1.89 bits per heavy atom. The number of nitrogens with zero attached hydrogens (tertiary/aromatic N) is 2. The molecular weight excluding hydrogens is 230 g/mol. The van der Waals surface area contributed by atoms with Crippen LogP contribution in [0, 0.1) is 0 Å². The third-order valence-electron chi connectivity index (χ3n) is 3.08. The molecule has 0 spiro atoms. The third kappa shape index (κ3) is 2.13. The Morgan fingerprint density at radius 1 is 1.22 bits per heavy atom. The summed E-state index contributed by atoms with van der Waals surface area (Å²) in [4.78, 5) is 4.62. The SMILES string of the molecule is CNCCc1nc2cc(OC)c(OC)cc2n1C. The Hall–Kier alpha value is -1.75. The van der Waals surface area contributed by atoms with Crippen molar-refractivity contribution in [3.05, 3.63) is 18.0 Å². The van der Waals surface area contributed by atoms with Crippen LogP contribution >= 0.6 is 0 Å². The van der Waals surface area contributed by atoms with Crippen molar-refractivity contribution in [1.29, 1.82) is 0 Å². The van der Waals surface area contributed by atoms with Gasteiger partial charge in [-0.05, 0) is 7.05 Å². The highest BCUT2D eigenvalue weighted by Crippen LogP contribution is 2.32. The van der Waals surface area contributed by atoms with Crippen LogP contribution in [0.15, 0.2) is 12.1 Å². The van der Waals surface area contributed by atoms with E-state index in [-0.39, 0.29) is 0 Å². The molecular formula is C13H19N3O2. The molecule has 0 saturated heterocycles. The van der Waals surface area contributed by atoms with E-state index in [4.69, 9.17) is 9.47 Å². The predicted molar refractivity (Wildman–Crippen MR) is 71.4 cm³/mol. The van der Waals surface area contributed by atoms with E-state index in [2.05, 4.69) is 14.9 Å². The average molecular weight is 249 g/mol. The lowest BCUT2D eigenvalue weighted by Gasteiger charge is -2.07. The van der Waals surface area contributed by atoms with E-state index in [1.165, 1.54) is 0 Å². The van der Waals surface area contributed by atoms with Gasteiger partial charge in [0.25, 0.3) is 0 Å². The number of nitrogens with one attached hydrogen (secondary N) is 1. The standard InChI is InChI=1S/C13H19N3O2/c1-14-6-5-13-15-9-7-11(17-3)12(18-4)8-10(9)16(13)2/h7-8,14H,5-6H2,1-4H3. The summed E-state index contributed by atoms with van der Waals surface area (Å²) in [6, 6.07) is 3.88. The number of fused-ring (bicyclic) bond motifs is 1. The van der Waals surface area contributed by atoms with Crippen LogP contribution in [0.5, 0.6) is 11.5 Å². The van der Waals surface area contributed by atoms with Gasteiger partial charge in [0.15, 0.2) is 11.5 Å². The minimum Gasteiger partial charge on any atom is -0.493 e. The summed E-state index contributed by atoms with van der Waals surface area (Å²) in [5.41, 5.74) is 1.99. The van der Waals surface area contributed by atoms with E-state index in [0.717, 1.165) is 35.6 Å². The molecule has 1 N–H and O–H groups in total. The lowest BCUT2D eigenvalue weighted by molar-refractivity contribution is 0.355. The smallest absolute Gasteiger partial charge is 0.163 e. The minimum atomic E-state index is 0.711. The second-order valence-electron chi connectivity index (χ2n) is 4.14. The first-order chi connectivity index (χ1) is 8.71. The first kappa shape index (κ1) is 12.7. The molecule has 98 valence electrons. The van der Waals surface area contributed by atoms with E-state index in [1.54, 1.807) is 14.2 Å². The van der Waals surface area contributed by atoms with Gasteiger partial charge in [-0.1, -0.05) is 0 Å². The van der Waals surface area contributed by atoms with Gasteiger partial charge in [-0.15, -0.1) is 0 Å². The zero-order valence-corrected chi connectivity index (χ0v) is 11.3. The van der Waals surface area contributed by atoms with Crippen molar-refractivity contribution in [3.8, 4) is 11.5 Å². The summed E-state index contributed by atoms with van der Waals surface area (Å²) in [6.45, 7) is 0.908. The van der Waals surface area contributed by atoms with Crippen LogP contribution in [0.1, 0.15) is 5.82 Å². The van der Waals surface area contributed by atoms with Gasteiger partial charge in [-0.3, -0.25) is 0 Å². The Labute approximate surface area is 107 Å². The number of hydrogen-bond acceptors (Lipinski definition) is 4. The molecule has 2 aromatic rings. The second kappa shape index (κ2) is 5.27. The maximum absolute atomic E-state index is 5.31. The molecule has 0 bridgehead atoms. The molecule has 1 heterocycles. The number of imidazole rings is 1. The van der Waals surface area contributed by atoms with Gasteiger partial charge in [-0.2, -0.15) is 0 Å². The lowest BCUT2D eigenvalue weighted by atomic mass is 10.2. The third-order valence-corrected chi connectivity index (χ3v) is 3.08. The van der Waals surface area contributed by atoms with Crippen LogP contribution in [0.4, 0.5) is 0 Å². The average Bonchev–Trinajstić information content (AvgIpc) is 2.71. The molecule has 2 rings (SSSR count). The molecule has 0 amide bonds. The van der Waals surface area contributed by atoms with Crippen molar-refractivity contribution in [2.75, 3.05) is 27.8 Å². The molecule has 0 aliphatic carbocycles.